The van der Waals surface area contributed by atoms with Gasteiger partial charge in [-0.2, -0.15) is 0 Å². The van der Waals surface area contributed by atoms with Gasteiger partial charge in [0.15, 0.2) is 0 Å². The number of rotatable bonds is 5. The summed E-state index contributed by atoms with van der Waals surface area (Å²) < 4.78 is 5.76. The van der Waals surface area contributed by atoms with E-state index < -0.39 is 0 Å². The topological polar surface area (TPSA) is 21.3 Å². The largest absolute Gasteiger partial charge is 0.491 e. The fourth-order valence-electron chi connectivity index (χ4n) is 5.45. The van der Waals surface area contributed by atoms with E-state index in [2.05, 4.69) is 50.5 Å². The summed E-state index contributed by atoms with van der Waals surface area (Å²) >= 11 is 0. The third-order valence-electron chi connectivity index (χ3n) is 6.10. The van der Waals surface area contributed by atoms with E-state index in [0.29, 0.717) is 6.04 Å². The van der Waals surface area contributed by atoms with Gasteiger partial charge in [0.25, 0.3) is 0 Å². The van der Waals surface area contributed by atoms with Crippen LogP contribution >= 0.6 is 0 Å². The summed E-state index contributed by atoms with van der Waals surface area (Å²) in [5.74, 6) is 6.01. The maximum atomic E-state index is 5.76. The van der Waals surface area contributed by atoms with E-state index in [9.17, 15) is 0 Å². The highest BCUT2D eigenvalue weighted by molar-refractivity contribution is 5.32. The second-order valence-corrected chi connectivity index (χ2v) is 7.57. The molecule has 4 rings (SSSR count). The molecule has 2 heteroatoms. The molecule has 1 aromatic carbocycles. The van der Waals surface area contributed by atoms with Crippen LogP contribution in [0.25, 0.3) is 0 Å². The quantitative estimate of drug-likeness (QED) is 0.882. The van der Waals surface area contributed by atoms with Crippen molar-refractivity contribution in [3.8, 4) is 5.75 Å². The number of hydrogen-bond donors (Lipinski definition) is 1. The zero-order chi connectivity index (χ0) is 14.6. The van der Waals surface area contributed by atoms with Crippen LogP contribution in [-0.2, 0) is 0 Å². The molecule has 3 aliphatic carbocycles. The zero-order valence-corrected chi connectivity index (χ0v) is 13.4. The van der Waals surface area contributed by atoms with Crippen molar-refractivity contribution in [3.63, 3.8) is 0 Å². The van der Waals surface area contributed by atoms with E-state index in [0.717, 1.165) is 35.3 Å². The lowest BCUT2D eigenvalue weighted by molar-refractivity contribution is 0.242. The third kappa shape index (κ3) is 2.19. The Morgan fingerprint density at radius 3 is 2.19 bits per heavy atom. The SMILES string of the molecule is CNC(c1ccc(OC(C)C)cc1)C1C2C3CCC(C3)C21. The average Bonchev–Trinajstić information content (AvgIpc) is 2.89. The molecule has 0 saturated heterocycles. The molecule has 0 amide bonds. The van der Waals surface area contributed by atoms with Gasteiger partial charge in [0.1, 0.15) is 5.75 Å². The van der Waals surface area contributed by atoms with Crippen LogP contribution in [0, 0.1) is 29.6 Å². The van der Waals surface area contributed by atoms with Crippen LogP contribution in [0.1, 0.15) is 44.7 Å². The van der Waals surface area contributed by atoms with Crippen LogP contribution in [-0.4, -0.2) is 13.2 Å². The van der Waals surface area contributed by atoms with Crippen molar-refractivity contribution < 1.29 is 4.74 Å². The molecule has 2 nitrogen and oxygen atoms in total. The molecule has 21 heavy (non-hydrogen) atoms. The zero-order valence-electron chi connectivity index (χ0n) is 13.4. The van der Waals surface area contributed by atoms with E-state index in [4.69, 9.17) is 4.74 Å². The minimum absolute atomic E-state index is 0.245. The Labute approximate surface area is 128 Å². The lowest BCUT2D eigenvalue weighted by atomic mass is 9.93. The Morgan fingerprint density at radius 2 is 1.67 bits per heavy atom. The lowest BCUT2D eigenvalue weighted by Crippen LogP contribution is -2.22. The van der Waals surface area contributed by atoms with Gasteiger partial charge in [0, 0.05) is 6.04 Å². The first-order valence-electron chi connectivity index (χ1n) is 8.63. The predicted octanol–water partition coefficient (Wildman–Crippen LogP) is 4.03. The molecule has 1 aromatic rings. The molecule has 2 bridgehead atoms. The van der Waals surface area contributed by atoms with Crippen LogP contribution in [0.4, 0.5) is 0 Å². The molecule has 3 fully saturated rings. The van der Waals surface area contributed by atoms with E-state index in [1.807, 2.05) is 0 Å². The van der Waals surface area contributed by atoms with Gasteiger partial charge >= 0.3 is 0 Å². The maximum absolute atomic E-state index is 5.76. The average molecular weight is 285 g/mol. The highest BCUT2D eigenvalue weighted by atomic mass is 16.5. The molecule has 3 aliphatic rings. The first-order chi connectivity index (χ1) is 10.2. The molecule has 0 aromatic heterocycles. The van der Waals surface area contributed by atoms with Crippen molar-refractivity contribution in [1.29, 1.82) is 0 Å². The Balaban J connectivity index is 1.49. The highest BCUT2D eigenvalue weighted by Gasteiger charge is 2.66. The monoisotopic (exact) mass is 285 g/mol. The van der Waals surface area contributed by atoms with Gasteiger partial charge in [-0.05, 0) is 87.4 Å². The molecule has 0 radical (unpaired) electrons. The molecular weight excluding hydrogens is 258 g/mol. The van der Waals surface area contributed by atoms with Crippen LogP contribution < -0.4 is 10.1 Å². The number of ether oxygens (including phenoxy) is 1. The van der Waals surface area contributed by atoms with E-state index in [-0.39, 0.29) is 6.10 Å². The number of fused-ring (bicyclic) bond motifs is 5. The Bertz CT molecular complexity index is 493. The second kappa shape index (κ2) is 5.01. The van der Waals surface area contributed by atoms with Crippen LogP contribution in [0.5, 0.6) is 5.75 Å². The smallest absolute Gasteiger partial charge is 0.119 e. The number of benzene rings is 1. The fraction of sp³-hybridized carbons (Fsp3) is 0.684. The van der Waals surface area contributed by atoms with Crippen molar-refractivity contribution in [2.45, 2.75) is 45.3 Å². The molecule has 0 aliphatic heterocycles. The van der Waals surface area contributed by atoms with E-state index >= 15 is 0 Å². The van der Waals surface area contributed by atoms with Gasteiger partial charge in [-0.25, -0.2) is 0 Å². The number of nitrogens with one attached hydrogen (secondary N) is 1. The molecule has 1 N–H and O–H groups in total. The van der Waals surface area contributed by atoms with Crippen molar-refractivity contribution >= 4 is 0 Å². The molecule has 3 saturated carbocycles. The Hall–Kier alpha value is -1.02. The van der Waals surface area contributed by atoms with E-state index in [1.165, 1.54) is 24.8 Å². The van der Waals surface area contributed by atoms with Gasteiger partial charge in [-0.3, -0.25) is 0 Å². The summed E-state index contributed by atoms with van der Waals surface area (Å²) in [6, 6.07) is 9.32. The third-order valence-corrected chi connectivity index (χ3v) is 6.10. The molecule has 5 atom stereocenters. The molecule has 114 valence electrons. The predicted molar refractivity (Wildman–Crippen MR) is 85.3 cm³/mol. The Morgan fingerprint density at radius 1 is 1.05 bits per heavy atom. The second-order valence-electron chi connectivity index (χ2n) is 7.57. The summed E-state index contributed by atoms with van der Waals surface area (Å²) in [6.45, 7) is 4.15. The molecular formula is C19H27NO. The minimum atomic E-state index is 0.245. The van der Waals surface area contributed by atoms with Crippen molar-refractivity contribution in [1.82, 2.24) is 5.32 Å². The van der Waals surface area contributed by atoms with Crippen molar-refractivity contribution in [2.75, 3.05) is 7.05 Å². The summed E-state index contributed by atoms with van der Waals surface area (Å²) in [5, 5.41) is 3.60. The van der Waals surface area contributed by atoms with Crippen LogP contribution in [0.3, 0.4) is 0 Å². The van der Waals surface area contributed by atoms with Crippen LogP contribution in [0.15, 0.2) is 24.3 Å². The van der Waals surface area contributed by atoms with Gasteiger partial charge in [0.05, 0.1) is 6.10 Å². The highest BCUT2D eigenvalue weighted by Crippen LogP contribution is 2.72. The maximum Gasteiger partial charge on any atom is 0.119 e. The molecule has 5 unspecified atom stereocenters. The van der Waals surface area contributed by atoms with Gasteiger partial charge in [-0.1, -0.05) is 12.1 Å². The summed E-state index contributed by atoms with van der Waals surface area (Å²) in [4.78, 5) is 0. The Kier molecular flexibility index (Phi) is 3.25. The van der Waals surface area contributed by atoms with Gasteiger partial charge in [0.2, 0.25) is 0 Å². The van der Waals surface area contributed by atoms with Gasteiger partial charge in [-0.15, -0.1) is 0 Å². The minimum Gasteiger partial charge on any atom is -0.491 e. The summed E-state index contributed by atoms with van der Waals surface area (Å²) in [5.41, 5.74) is 1.44. The molecule has 0 heterocycles. The van der Waals surface area contributed by atoms with E-state index in [1.54, 1.807) is 0 Å². The molecule has 0 spiro atoms. The summed E-state index contributed by atoms with van der Waals surface area (Å²) in [7, 11) is 2.12. The summed E-state index contributed by atoms with van der Waals surface area (Å²) in [6.07, 6.45) is 4.78. The lowest BCUT2D eigenvalue weighted by Gasteiger charge is -2.21. The number of hydrogen-bond acceptors (Lipinski definition) is 2. The first-order valence-corrected chi connectivity index (χ1v) is 8.63. The van der Waals surface area contributed by atoms with Crippen molar-refractivity contribution in [3.05, 3.63) is 29.8 Å². The standard InChI is InChI=1S/C19H27NO/c1-11(2)21-15-8-6-12(7-9-15)19(20-3)18-16-13-4-5-14(10-13)17(16)18/h6-9,11,13-14,16-20H,4-5,10H2,1-3H3. The van der Waals surface area contributed by atoms with Crippen molar-refractivity contribution in [2.24, 2.45) is 29.6 Å². The first kappa shape index (κ1) is 13.6. The fourth-order valence-corrected chi connectivity index (χ4v) is 5.45. The van der Waals surface area contributed by atoms with Gasteiger partial charge < -0.3 is 10.1 Å². The normalized spacial score (nSPS) is 37.6. The van der Waals surface area contributed by atoms with Crippen LogP contribution in [0.2, 0.25) is 0 Å².